The van der Waals surface area contributed by atoms with E-state index in [1.165, 1.54) is 12.4 Å². The SMILES string of the molecule is N=C/C(=C\N)c1ccc(Nc2nc(-c3cccc(OCC(=O)N4CCOCC4)c3)nc3c2COC3)cc1. The number of anilines is 2. The molecular formula is C27H28N6O4. The number of carbonyl (C=O) groups is 1. The molecule has 37 heavy (non-hydrogen) atoms. The number of benzene rings is 2. The monoisotopic (exact) mass is 500 g/mol. The molecule has 0 unspecified atom stereocenters. The maximum atomic E-state index is 12.4. The Bertz CT molecular complexity index is 1320. The van der Waals surface area contributed by atoms with Gasteiger partial charge in [0, 0.05) is 47.9 Å². The van der Waals surface area contributed by atoms with Gasteiger partial charge in [-0.2, -0.15) is 0 Å². The molecule has 0 atom stereocenters. The van der Waals surface area contributed by atoms with Gasteiger partial charge in [-0.15, -0.1) is 0 Å². The van der Waals surface area contributed by atoms with Gasteiger partial charge in [0.15, 0.2) is 12.4 Å². The molecule has 10 heteroatoms. The Balaban J connectivity index is 1.35. The number of carbonyl (C=O) groups excluding carboxylic acids is 1. The number of fused-ring (bicyclic) bond motifs is 1. The molecule has 0 saturated carbocycles. The summed E-state index contributed by atoms with van der Waals surface area (Å²) in [5, 5.41) is 10.9. The third-order valence-corrected chi connectivity index (χ3v) is 6.21. The van der Waals surface area contributed by atoms with Gasteiger partial charge in [-0.1, -0.05) is 24.3 Å². The van der Waals surface area contributed by atoms with Gasteiger partial charge in [0.2, 0.25) is 0 Å². The van der Waals surface area contributed by atoms with Crippen molar-refractivity contribution in [2.24, 2.45) is 5.73 Å². The predicted molar refractivity (Wildman–Crippen MR) is 140 cm³/mol. The molecule has 5 rings (SSSR count). The van der Waals surface area contributed by atoms with E-state index in [1.807, 2.05) is 48.5 Å². The second kappa shape index (κ2) is 11.2. The Labute approximate surface area is 214 Å². The number of rotatable bonds is 8. The van der Waals surface area contributed by atoms with E-state index in [4.69, 9.17) is 35.3 Å². The summed E-state index contributed by atoms with van der Waals surface area (Å²) in [6.07, 6.45) is 2.63. The van der Waals surface area contributed by atoms with Gasteiger partial charge in [-0.3, -0.25) is 4.79 Å². The highest BCUT2D eigenvalue weighted by Crippen LogP contribution is 2.31. The van der Waals surface area contributed by atoms with Crippen LogP contribution in [0.15, 0.2) is 54.7 Å². The van der Waals surface area contributed by atoms with Crippen molar-refractivity contribution >= 4 is 29.2 Å². The second-order valence-corrected chi connectivity index (χ2v) is 8.59. The summed E-state index contributed by atoms with van der Waals surface area (Å²) in [6.45, 7) is 3.07. The third kappa shape index (κ3) is 5.60. The number of morpholine rings is 1. The van der Waals surface area contributed by atoms with Crippen LogP contribution >= 0.6 is 0 Å². The molecule has 10 nitrogen and oxygen atoms in total. The molecule has 4 N–H and O–H groups in total. The van der Waals surface area contributed by atoms with E-state index < -0.39 is 0 Å². The van der Waals surface area contributed by atoms with Gasteiger partial charge < -0.3 is 35.6 Å². The summed E-state index contributed by atoms with van der Waals surface area (Å²) in [7, 11) is 0. The first kappa shape index (κ1) is 24.4. The Morgan fingerprint density at radius 2 is 1.92 bits per heavy atom. The van der Waals surface area contributed by atoms with Gasteiger partial charge in [-0.25, -0.2) is 9.97 Å². The number of amides is 1. The number of ether oxygens (including phenoxy) is 3. The van der Waals surface area contributed by atoms with Crippen molar-refractivity contribution in [1.29, 1.82) is 5.41 Å². The summed E-state index contributed by atoms with van der Waals surface area (Å²) < 4.78 is 16.7. The molecule has 1 aromatic heterocycles. The second-order valence-electron chi connectivity index (χ2n) is 8.59. The molecule has 1 saturated heterocycles. The van der Waals surface area contributed by atoms with Crippen molar-refractivity contribution in [3.05, 3.63) is 71.6 Å². The fourth-order valence-electron chi connectivity index (χ4n) is 4.17. The van der Waals surface area contributed by atoms with Crippen molar-refractivity contribution in [2.75, 3.05) is 38.2 Å². The molecule has 3 aromatic rings. The number of allylic oxidation sites excluding steroid dienone is 1. The lowest BCUT2D eigenvalue weighted by Gasteiger charge is -2.26. The zero-order valence-corrected chi connectivity index (χ0v) is 20.3. The van der Waals surface area contributed by atoms with Crippen molar-refractivity contribution in [1.82, 2.24) is 14.9 Å². The highest BCUT2D eigenvalue weighted by Gasteiger charge is 2.21. The minimum absolute atomic E-state index is 0.0375. The van der Waals surface area contributed by atoms with Crippen LogP contribution in [-0.2, 0) is 27.5 Å². The highest BCUT2D eigenvalue weighted by molar-refractivity contribution is 6.08. The first-order chi connectivity index (χ1) is 18.1. The van der Waals surface area contributed by atoms with E-state index in [0.717, 1.165) is 28.1 Å². The minimum atomic E-state index is -0.0631. The molecule has 1 amide bonds. The zero-order chi connectivity index (χ0) is 25.6. The average molecular weight is 501 g/mol. The van der Waals surface area contributed by atoms with Gasteiger partial charge in [0.05, 0.1) is 32.1 Å². The van der Waals surface area contributed by atoms with Gasteiger partial charge in [-0.05, 0) is 29.8 Å². The molecule has 0 radical (unpaired) electrons. The maximum absolute atomic E-state index is 12.4. The van der Waals surface area contributed by atoms with Gasteiger partial charge >= 0.3 is 0 Å². The molecule has 190 valence electrons. The number of aromatic nitrogens is 2. The summed E-state index contributed by atoms with van der Waals surface area (Å²) in [6, 6.07) is 15.0. The lowest BCUT2D eigenvalue weighted by atomic mass is 10.1. The van der Waals surface area contributed by atoms with Crippen molar-refractivity contribution in [3.8, 4) is 17.1 Å². The predicted octanol–water partition coefficient (Wildman–Crippen LogP) is 3.10. The molecule has 2 aliphatic rings. The minimum Gasteiger partial charge on any atom is -0.484 e. The fraction of sp³-hybridized carbons (Fsp3) is 0.259. The van der Waals surface area contributed by atoms with Crippen LogP contribution in [-0.4, -0.2) is 59.9 Å². The third-order valence-electron chi connectivity index (χ3n) is 6.21. The molecular weight excluding hydrogens is 472 g/mol. The lowest BCUT2D eigenvalue weighted by Crippen LogP contribution is -2.42. The normalized spacial score (nSPS) is 15.2. The maximum Gasteiger partial charge on any atom is 0.260 e. The number of nitrogens with two attached hydrogens (primary N) is 1. The van der Waals surface area contributed by atoms with Crippen LogP contribution in [0.4, 0.5) is 11.5 Å². The van der Waals surface area contributed by atoms with E-state index in [-0.39, 0.29) is 12.5 Å². The smallest absolute Gasteiger partial charge is 0.260 e. The van der Waals surface area contributed by atoms with Crippen LogP contribution in [0.3, 0.4) is 0 Å². The van der Waals surface area contributed by atoms with Gasteiger partial charge in [0.25, 0.3) is 5.91 Å². The van der Waals surface area contributed by atoms with Crippen LogP contribution < -0.4 is 15.8 Å². The van der Waals surface area contributed by atoms with Gasteiger partial charge in [0.1, 0.15) is 11.6 Å². The lowest BCUT2D eigenvalue weighted by molar-refractivity contribution is -0.137. The molecule has 0 bridgehead atoms. The Morgan fingerprint density at radius 3 is 2.68 bits per heavy atom. The summed E-state index contributed by atoms with van der Waals surface area (Å²) in [5.41, 5.74) is 10.4. The largest absolute Gasteiger partial charge is 0.484 e. The number of nitrogens with zero attached hydrogens (tertiary/aromatic N) is 3. The number of nitrogens with one attached hydrogen (secondary N) is 2. The zero-order valence-electron chi connectivity index (χ0n) is 20.3. The first-order valence-electron chi connectivity index (χ1n) is 12.0. The molecule has 2 aromatic carbocycles. The van der Waals surface area contributed by atoms with Crippen molar-refractivity contribution in [3.63, 3.8) is 0 Å². The van der Waals surface area contributed by atoms with E-state index in [9.17, 15) is 4.79 Å². The van der Waals surface area contributed by atoms with Crippen molar-refractivity contribution < 1.29 is 19.0 Å². The standard InChI is InChI=1S/C27H28N6O4/c28-13-20(14-29)18-4-6-21(7-5-18)30-27-23-15-36-16-24(23)31-26(32-27)19-2-1-3-22(12-19)37-17-25(34)33-8-10-35-11-9-33/h1-7,12-14,28H,8-11,15-17,29H2,(H,30,31,32)/b20-14+,28-13?. The molecule has 0 spiro atoms. The average Bonchev–Trinajstić information content (AvgIpc) is 3.43. The molecule has 0 aliphatic carbocycles. The molecule has 3 heterocycles. The number of hydrogen-bond acceptors (Lipinski definition) is 9. The number of hydrogen-bond donors (Lipinski definition) is 3. The quantitative estimate of drug-likeness (QED) is 0.402. The van der Waals surface area contributed by atoms with Crippen LogP contribution in [0.25, 0.3) is 17.0 Å². The van der Waals surface area contributed by atoms with E-state index in [0.29, 0.717) is 62.5 Å². The Hall–Kier alpha value is -4.28. The van der Waals surface area contributed by atoms with Crippen LogP contribution in [0.1, 0.15) is 16.8 Å². The molecule has 1 fully saturated rings. The van der Waals surface area contributed by atoms with Crippen LogP contribution in [0.2, 0.25) is 0 Å². The highest BCUT2D eigenvalue weighted by atomic mass is 16.5. The van der Waals surface area contributed by atoms with Crippen molar-refractivity contribution in [2.45, 2.75) is 13.2 Å². The first-order valence-corrected chi connectivity index (χ1v) is 12.0. The molecule has 2 aliphatic heterocycles. The summed E-state index contributed by atoms with van der Waals surface area (Å²) in [4.78, 5) is 23.7. The van der Waals surface area contributed by atoms with Crippen LogP contribution in [0.5, 0.6) is 5.75 Å². The summed E-state index contributed by atoms with van der Waals surface area (Å²) in [5.74, 6) is 1.71. The Morgan fingerprint density at radius 1 is 1.11 bits per heavy atom. The fourth-order valence-corrected chi connectivity index (χ4v) is 4.17. The van der Waals surface area contributed by atoms with E-state index >= 15 is 0 Å². The van der Waals surface area contributed by atoms with E-state index in [2.05, 4.69) is 5.32 Å². The van der Waals surface area contributed by atoms with E-state index in [1.54, 1.807) is 4.90 Å². The topological polar surface area (TPSA) is 136 Å². The Kier molecular flexibility index (Phi) is 7.38. The van der Waals surface area contributed by atoms with Crippen LogP contribution in [0, 0.1) is 5.41 Å². The summed E-state index contributed by atoms with van der Waals surface area (Å²) >= 11 is 0.